The maximum absolute atomic E-state index is 5.58. The molecule has 2 aromatic heterocycles. The van der Waals surface area contributed by atoms with E-state index in [1.807, 2.05) is 23.9 Å². The quantitative estimate of drug-likeness (QED) is 0.739. The molecule has 0 amide bonds. The van der Waals surface area contributed by atoms with Crippen LogP contribution >= 0.6 is 0 Å². The van der Waals surface area contributed by atoms with Crippen LogP contribution in [0.4, 0.5) is 0 Å². The van der Waals surface area contributed by atoms with Gasteiger partial charge in [-0.15, -0.1) is 5.10 Å². The zero-order chi connectivity index (χ0) is 12.7. The molecule has 0 bridgehead atoms. The minimum atomic E-state index is 0.434. The van der Waals surface area contributed by atoms with Gasteiger partial charge in [0.15, 0.2) is 5.82 Å². The lowest BCUT2D eigenvalue weighted by molar-refractivity contribution is 0.924. The molecule has 0 saturated heterocycles. The molecule has 2 N–H and O–H groups in total. The van der Waals surface area contributed by atoms with Gasteiger partial charge in [0.1, 0.15) is 0 Å². The third kappa shape index (κ3) is 1.60. The number of imidazole rings is 1. The first-order valence-corrected chi connectivity index (χ1v) is 5.87. The summed E-state index contributed by atoms with van der Waals surface area (Å²) in [6.07, 6.45) is 1.87. The monoisotopic (exact) mass is 241 g/mol. The lowest BCUT2D eigenvalue weighted by Crippen LogP contribution is -1.98. The second-order valence-electron chi connectivity index (χ2n) is 4.43. The summed E-state index contributed by atoms with van der Waals surface area (Å²) in [5.41, 5.74) is 8.74. The van der Waals surface area contributed by atoms with E-state index < -0.39 is 0 Å². The van der Waals surface area contributed by atoms with Crippen LogP contribution in [-0.2, 0) is 13.6 Å². The number of hydrogen-bond donors (Lipinski definition) is 1. The van der Waals surface area contributed by atoms with E-state index in [1.54, 1.807) is 4.52 Å². The summed E-state index contributed by atoms with van der Waals surface area (Å²) in [4.78, 5) is 4.44. The molecule has 5 heteroatoms. The third-order valence-corrected chi connectivity index (χ3v) is 3.03. The normalized spacial score (nSPS) is 11.3. The molecule has 0 radical (unpaired) electrons. The van der Waals surface area contributed by atoms with E-state index in [2.05, 4.69) is 35.2 Å². The molecule has 18 heavy (non-hydrogen) atoms. The van der Waals surface area contributed by atoms with Crippen LogP contribution in [0.3, 0.4) is 0 Å². The summed E-state index contributed by atoms with van der Waals surface area (Å²) in [6.45, 7) is 2.51. The van der Waals surface area contributed by atoms with E-state index in [1.165, 1.54) is 5.56 Å². The molecule has 5 nitrogen and oxygen atoms in total. The molecular weight excluding hydrogens is 226 g/mol. The molecular formula is C13H15N5. The molecule has 0 fully saturated rings. The summed E-state index contributed by atoms with van der Waals surface area (Å²) in [5, 5.41) is 4.55. The molecule has 3 rings (SSSR count). The lowest BCUT2D eigenvalue weighted by atomic mass is 10.1. The standard InChI is InChI=1S/C13H15N5/c1-9-4-3-5-10(6-9)12-16-18-8-11(7-14)15-13(18)17(12)2/h3-6,8H,7,14H2,1-2H3. The average molecular weight is 241 g/mol. The Labute approximate surface area is 105 Å². The van der Waals surface area contributed by atoms with Crippen molar-refractivity contribution in [1.29, 1.82) is 0 Å². The Kier molecular flexibility index (Phi) is 2.41. The molecule has 0 aliphatic heterocycles. The molecule has 0 atom stereocenters. The van der Waals surface area contributed by atoms with Gasteiger partial charge in [-0.2, -0.15) is 0 Å². The van der Waals surface area contributed by atoms with Gasteiger partial charge >= 0.3 is 0 Å². The van der Waals surface area contributed by atoms with E-state index in [4.69, 9.17) is 5.73 Å². The minimum absolute atomic E-state index is 0.434. The van der Waals surface area contributed by atoms with Crippen molar-refractivity contribution in [2.75, 3.05) is 0 Å². The molecule has 3 aromatic rings. The van der Waals surface area contributed by atoms with Gasteiger partial charge in [-0.25, -0.2) is 9.50 Å². The Morgan fingerprint density at radius 3 is 2.83 bits per heavy atom. The van der Waals surface area contributed by atoms with Gasteiger partial charge in [0.05, 0.1) is 11.9 Å². The highest BCUT2D eigenvalue weighted by atomic mass is 15.4. The number of rotatable bonds is 2. The van der Waals surface area contributed by atoms with Gasteiger partial charge in [-0.05, 0) is 13.0 Å². The van der Waals surface area contributed by atoms with Crippen molar-refractivity contribution in [3.05, 3.63) is 41.7 Å². The van der Waals surface area contributed by atoms with Crippen LogP contribution in [0.15, 0.2) is 30.5 Å². The van der Waals surface area contributed by atoms with E-state index >= 15 is 0 Å². The van der Waals surface area contributed by atoms with Gasteiger partial charge < -0.3 is 5.73 Å². The van der Waals surface area contributed by atoms with Crippen LogP contribution in [-0.4, -0.2) is 19.2 Å². The molecule has 1 aromatic carbocycles. The van der Waals surface area contributed by atoms with Crippen molar-refractivity contribution in [1.82, 2.24) is 19.2 Å². The smallest absolute Gasteiger partial charge is 0.232 e. The fourth-order valence-electron chi connectivity index (χ4n) is 2.11. The number of benzene rings is 1. The topological polar surface area (TPSA) is 61.1 Å². The summed E-state index contributed by atoms with van der Waals surface area (Å²) in [5.74, 6) is 1.72. The van der Waals surface area contributed by atoms with Crippen molar-refractivity contribution in [3.8, 4) is 11.4 Å². The Balaban J connectivity index is 2.18. The van der Waals surface area contributed by atoms with Crippen LogP contribution in [0, 0.1) is 6.92 Å². The predicted octanol–water partition coefficient (Wildman–Crippen LogP) is 1.50. The number of fused-ring (bicyclic) bond motifs is 1. The number of nitrogens with zero attached hydrogens (tertiary/aromatic N) is 4. The van der Waals surface area contributed by atoms with E-state index in [9.17, 15) is 0 Å². The van der Waals surface area contributed by atoms with Gasteiger partial charge in [-0.1, -0.05) is 23.8 Å². The summed E-state index contributed by atoms with van der Waals surface area (Å²) < 4.78 is 3.76. The fourth-order valence-corrected chi connectivity index (χ4v) is 2.11. The Bertz CT molecular complexity index is 707. The van der Waals surface area contributed by atoms with Crippen molar-refractivity contribution in [2.45, 2.75) is 13.5 Å². The summed E-state index contributed by atoms with van der Waals surface area (Å²) in [6, 6.07) is 8.28. The maximum atomic E-state index is 5.58. The molecule has 0 aliphatic rings. The highest BCUT2D eigenvalue weighted by Gasteiger charge is 2.12. The van der Waals surface area contributed by atoms with Gasteiger partial charge in [0.2, 0.25) is 5.78 Å². The molecule has 0 unspecified atom stereocenters. The van der Waals surface area contributed by atoms with Crippen LogP contribution in [0.5, 0.6) is 0 Å². The van der Waals surface area contributed by atoms with E-state index in [-0.39, 0.29) is 0 Å². The van der Waals surface area contributed by atoms with Crippen LogP contribution < -0.4 is 5.73 Å². The first-order valence-electron chi connectivity index (χ1n) is 5.87. The van der Waals surface area contributed by atoms with Crippen molar-refractivity contribution in [2.24, 2.45) is 12.8 Å². The third-order valence-electron chi connectivity index (χ3n) is 3.03. The van der Waals surface area contributed by atoms with E-state index in [0.29, 0.717) is 6.54 Å². The van der Waals surface area contributed by atoms with Gasteiger partial charge in [0, 0.05) is 19.2 Å². The Morgan fingerprint density at radius 2 is 2.17 bits per heavy atom. The van der Waals surface area contributed by atoms with Crippen LogP contribution in [0.1, 0.15) is 11.3 Å². The number of nitrogens with two attached hydrogens (primary N) is 1. The SMILES string of the molecule is Cc1cccc(-c2nn3cc(CN)nc3n2C)c1. The average Bonchev–Trinajstić information content (AvgIpc) is 2.89. The second-order valence-corrected chi connectivity index (χ2v) is 4.43. The molecule has 2 heterocycles. The molecule has 0 spiro atoms. The Hall–Kier alpha value is -2.14. The number of aryl methyl sites for hydroxylation is 2. The first kappa shape index (κ1) is 11.0. The number of aromatic nitrogens is 4. The zero-order valence-corrected chi connectivity index (χ0v) is 10.5. The predicted molar refractivity (Wildman–Crippen MR) is 70.0 cm³/mol. The lowest BCUT2D eigenvalue weighted by Gasteiger charge is -2.01. The highest BCUT2D eigenvalue weighted by molar-refractivity contribution is 5.59. The van der Waals surface area contributed by atoms with Crippen molar-refractivity contribution >= 4 is 5.78 Å². The van der Waals surface area contributed by atoms with Crippen LogP contribution in [0.2, 0.25) is 0 Å². The first-order chi connectivity index (χ1) is 8.69. The fraction of sp³-hybridized carbons (Fsp3) is 0.231. The maximum Gasteiger partial charge on any atom is 0.232 e. The minimum Gasteiger partial charge on any atom is -0.325 e. The summed E-state index contributed by atoms with van der Waals surface area (Å²) >= 11 is 0. The highest BCUT2D eigenvalue weighted by Crippen LogP contribution is 2.20. The van der Waals surface area contributed by atoms with Crippen molar-refractivity contribution < 1.29 is 0 Å². The van der Waals surface area contributed by atoms with Crippen molar-refractivity contribution in [3.63, 3.8) is 0 Å². The molecule has 0 saturated carbocycles. The largest absolute Gasteiger partial charge is 0.325 e. The second kappa shape index (κ2) is 3.96. The van der Waals surface area contributed by atoms with E-state index in [0.717, 1.165) is 22.9 Å². The Morgan fingerprint density at radius 1 is 1.33 bits per heavy atom. The molecule has 92 valence electrons. The zero-order valence-electron chi connectivity index (χ0n) is 10.5. The molecule has 0 aliphatic carbocycles. The van der Waals surface area contributed by atoms with Gasteiger partial charge in [0.25, 0.3) is 0 Å². The number of hydrogen-bond acceptors (Lipinski definition) is 3. The summed E-state index contributed by atoms with van der Waals surface area (Å²) in [7, 11) is 1.97. The van der Waals surface area contributed by atoms with Gasteiger partial charge in [-0.3, -0.25) is 4.57 Å². The van der Waals surface area contributed by atoms with Crippen LogP contribution in [0.25, 0.3) is 17.2 Å².